The van der Waals surface area contributed by atoms with E-state index < -0.39 is 0 Å². The molecular formula is C18H21Cl3N6O2. The largest absolute Gasteiger partial charge is 0.493 e. The van der Waals surface area contributed by atoms with E-state index in [0.717, 1.165) is 11.1 Å². The van der Waals surface area contributed by atoms with Gasteiger partial charge in [0.1, 0.15) is 6.61 Å². The molecule has 0 aliphatic carbocycles. The lowest BCUT2D eigenvalue weighted by Gasteiger charge is -2.11. The van der Waals surface area contributed by atoms with Crippen molar-refractivity contribution in [2.45, 2.75) is 13.5 Å². The Bertz CT molecular complexity index is 947. The number of nitrogens with zero attached hydrogens (tertiary/aromatic N) is 4. The van der Waals surface area contributed by atoms with Crippen LogP contribution in [0.2, 0.25) is 5.02 Å². The first-order valence-corrected chi connectivity index (χ1v) is 8.46. The van der Waals surface area contributed by atoms with Gasteiger partial charge in [-0.25, -0.2) is 10.1 Å². The average Bonchev–Trinajstić information content (AvgIpc) is 3.00. The molecule has 0 amide bonds. The molecule has 0 bridgehead atoms. The number of methoxy groups -OCH3 is 1. The molecule has 3 rings (SSSR count). The number of hydrazone groups is 1. The summed E-state index contributed by atoms with van der Waals surface area (Å²) in [6.45, 7) is 2.16. The fourth-order valence-corrected chi connectivity index (χ4v) is 2.36. The van der Waals surface area contributed by atoms with E-state index in [1.54, 1.807) is 20.2 Å². The molecule has 0 aliphatic heterocycles. The molecule has 3 N–H and O–H groups in total. The van der Waals surface area contributed by atoms with Gasteiger partial charge in [-0.1, -0.05) is 23.7 Å². The third-order valence-electron chi connectivity index (χ3n) is 3.74. The Hall–Kier alpha value is -2.68. The van der Waals surface area contributed by atoms with Crippen LogP contribution in [0.1, 0.15) is 17.0 Å². The van der Waals surface area contributed by atoms with Crippen LogP contribution in [-0.4, -0.2) is 28.2 Å². The third kappa shape index (κ3) is 6.42. The molecule has 0 saturated carbocycles. The van der Waals surface area contributed by atoms with Gasteiger partial charge in [-0.2, -0.15) is 5.10 Å². The number of rotatable bonds is 7. The molecular weight excluding hydrogens is 439 g/mol. The Kier molecular flexibility index (Phi) is 9.54. The number of anilines is 1. The third-order valence-corrected chi connectivity index (χ3v) is 3.99. The van der Waals surface area contributed by atoms with E-state index in [1.165, 1.54) is 4.68 Å². The predicted molar refractivity (Wildman–Crippen MR) is 119 cm³/mol. The Morgan fingerprint density at radius 3 is 2.48 bits per heavy atom. The van der Waals surface area contributed by atoms with E-state index in [-0.39, 0.29) is 24.8 Å². The van der Waals surface area contributed by atoms with Gasteiger partial charge >= 0.3 is 0 Å². The summed E-state index contributed by atoms with van der Waals surface area (Å²) in [5.41, 5.74) is 4.57. The Morgan fingerprint density at radius 2 is 1.86 bits per heavy atom. The van der Waals surface area contributed by atoms with Crippen LogP contribution in [0.15, 0.2) is 47.6 Å². The van der Waals surface area contributed by atoms with Crippen molar-refractivity contribution in [2.24, 2.45) is 5.10 Å². The minimum atomic E-state index is 0. The second kappa shape index (κ2) is 11.4. The number of hydrogen-bond donors (Lipinski definition) is 2. The zero-order chi connectivity index (χ0) is 19.2. The molecule has 1 heterocycles. The molecule has 2 aromatic carbocycles. The number of nitrogen functional groups attached to an aromatic ring is 1. The molecule has 0 atom stereocenters. The summed E-state index contributed by atoms with van der Waals surface area (Å²) in [7, 11) is 1.59. The standard InChI is InChI=1S/C18H19ClN6O2.2ClH/c1-12-22-24-18(25(12)20)23-21-10-14-5-8-16(17(9-14)26-2)27-11-13-3-6-15(19)7-4-13;;/h3-10H,11,20H2,1-2H3,(H,23,24);2*1H/b21-10+;;. The lowest BCUT2D eigenvalue weighted by Crippen LogP contribution is -2.13. The molecule has 1 aromatic heterocycles. The molecule has 0 fully saturated rings. The number of nitrogens with one attached hydrogen (secondary N) is 1. The van der Waals surface area contributed by atoms with E-state index in [4.69, 9.17) is 26.9 Å². The lowest BCUT2D eigenvalue weighted by molar-refractivity contribution is 0.284. The first-order valence-electron chi connectivity index (χ1n) is 8.08. The monoisotopic (exact) mass is 458 g/mol. The van der Waals surface area contributed by atoms with Gasteiger partial charge in [-0.05, 0) is 48.4 Å². The van der Waals surface area contributed by atoms with Crippen LogP contribution in [0.25, 0.3) is 0 Å². The minimum absolute atomic E-state index is 0. The summed E-state index contributed by atoms with van der Waals surface area (Å²) in [6, 6.07) is 13.0. The number of aryl methyl sites for hydroxylation is 1. The van der Waals surface area contributed by atoms with Crippen molar-refractivity contribution in [1.82, 2.24) is 14.9 Å². The maximum atomic E-state index is 5.89. The van der Waals surface area contributed by atoms with Crippen molar-refractivity contribution >= 4 is 48.6 Å². The zero-order valence-electron chi connectivity index (χ0n) is 15.7. The lowest BCUT2D eigenvalue weighted by atomic mass is 10.2. The molecule has 11 heteroatoms. The second-order valence-corrected chi connectivity index (χ2v) is 6.07. The summed E-state index contributed by atoms with van der Waals surface area (Å²) in [5.74, 6) is 7.91. The van der Waals surface area contributed by atoms with Crippen molar-refractivity contribution in [3.63, 3.8) is 0 Å². The molecule has 0 spiro atoms. The van der Waals surface area contributed by atoms with Crippen LogP contribution < -0.4 is 20.7 Å². The smallest absolute Gasteiger partial charge is 0.263 e. The fourth-order valence-electron chi connectivity index (χ4n) is 2.24. The topological polar surface area (TPSA) is 99.6 Å². The number of halogens is 3. The van der Waals surface area contributed by atoms with Crippen LogP contribution in [0.5, 0.6) is 11.5 Å². The molecule has 29 heavy (non-hydrogen) atoms. The van der Waals surface area contributed by atoms with E-state index in [0.29, 0.717) is 34.9 Å². The van der Waals surface area contributed by atoms with Crippen LogP contribution in [0.3, 0.4) is 0 Å². The van der Waals surface area contributed by atoms with Crippen molar-refractivity contribution < 1.29 is 9.47 Å². The minimum Gasteiger partial charge on any atom is -0.493 e. The number of aromatic nitrogens is 3. The highest BCUT2D eigenvalue weighted by molar-refractivity contribution is 6.30. The Morgan fingerprint density at radius 1 is 1.14 bits per heavy atom. The fraction of sp³-hybridized carbons (Fsp3) is 0.167. The van der Waals surface area contributed by atoms with E-state index >= 15 is 0 Å². The Balaban J connectivity index is 0.00000210. The maximum Gasteiger partial charge on any atom is 0.263 e. The van der Waals surface area contributed by atoms with E-state index in [2.05, 4.69) is 20.7 Å². The number of ether oxygens (including phenoxy) is 2. The molecule has 0 radical (unpaired) electrons. The van der Waals surface area contributed by atoms with Gasteiger partial charge < -0.3 is 15.3 Å². The molecule has 0 aliphatic rings. The number of hydrogen-bond acceptors (Lipinski definition) is 7. The molecule has 3 aromatic rings. The van der Waals surface area contributed by atoms with Crippen LogP contribution in [0.4, 0.5) is 5.95 Å². The van der Waals surface area contributed by atoms with Crippen LogP contribution >= 0.6 is 36.4 Å². The summed E-state index contributed by atoms with van der Waals surface area (Å²) < 4.78 is 12.6. The van der Waals surface area contributed by atoms with Crippen molar-refractivity contribution in [1.29, 1.82) is 0 Å². The summed E-state index contributed by atoms with van der Waals surface area (Å²) >= 11 is 5.89. The van der Waals surface area contributed by atoms with Gasteiger partial charge in [0.25, 0.3) is 5.95 Å². The maximum absolute atomic E-state index is 5.89. The average molecular weight is 460 g/mol. The number of benzene rings is 2. The predicted octanol–water partition coefficient (Wildman–Crippen LogP) is 3.83. The van der Waals surface area contributed by atoms with Crippen molar-refractivity contribution in [3.8, 4) is 11.5 Å². The van der Waals surface area contributed by atoms with Crippen molar-refractivity contribution in [2.75, 3.05) is 18.4 Å². The molecule has 0 saturated heterocycles. The molecule has 156 valence electrons. The summed E-state index contributed by atoms with van der Waals surface area (Å²) in [6.07, 6.45) is 1.62. The van der Waals surface area contributed by atoms with Gasteiger partial charge in [0, 0.05) is 5.02 Å². The van der Waals surface area contributed by atoms with Gasteiger partial charge in [0.15, 0.2) is 17.3 Å². The van der Waals surface area contributed by atoms with Gasteiger partial charge in [0.2, 0.25) is 0 Å². The van der Waals surface area contributed by atoms with Crippen molar-refractivity contribution in [3.05, 3.63) is 64.4 Å². The SMILES string of the molecule is COc1cc(/C=N/Nc2nnc(C)n2N)ccc1OCc1ccc(Cl)cc1.Cl.Cl. The molecule has 8 nitrogen and oxygen atoms in total. The van der Waals surface area contributed by atoms with Gasteiger partial charge in [0.05, 0.1) is 13.3 Å². The van der Waals surface area contributed by atoms with Gasteiger partial charge in [-0.3, -0.25) is 0 Å². The summed E-state index contributed by atoms with van der Waals surface area (Å²) in [4.78, 5) is 0. The first kappa shape index (κ1) is 24.4. The van der Waals surface area contributed by atoms with Gasteiger partial charge in [-0.15, -0.1) is 35.0 Å². The summed E-state index contributed by atoms with van der Waals surface area (Å²) in [5, 5.41) is 12.5. The highest BCUT2D eigenvalue weighted by atomic mass is 35.5. The van der Waals surface area contributed by atoms with E-state index in [1.807, 2.05) is 42.5 Å². The highest BCUT2D eigenvalue weighted by Gasteiger charge is 2.06. The molecule has 0 unspecified atom stereocenters. The quantitative estimate of drug-likeness (QED) is 0.316. The highest BCUT2D eigenvalue weighted by Crippen LogP contribution is 2.28. The normalized spacial score (nSPS) is 10.2. The van der Waals surface area contributed by atoms with Crippen LogP contribution in [0, 0.1) is 6.92 Å². The van der Waals surface area contributed by atoms with Crippen LogP contribution in [-0.2, 0) is 6.61 Å². The zero-order valence-corrected chi connectivity index (χ0v) is 18.1. The number of nitrogens with two attached hydrogens (primary N) is 1. The first-order chi connectivity index (χ1) is 13.1. The second-order valence-electron chi connectivity index (χ2n) is 5.64. The Labute approximate surface area is 185 Å². The van der Waals surface area contributed by atoms with E-state index in [9.17, 15) is 0 Å².